The number of hydrogen-bond donors (Lipinski definition) is 2. The van der Waals surface area contributed by atoms with Gasteiger partial charge in [0.25, 0.3) is 11.8 Å². The maximum absolute atomic E-state index is 12.3. The summed E-state index contributed by atoms with van der Waals surface area (Å²) in [6.45, 7) is 5.73. The first-order valence-electron chi connectivity index (χ1n) is 7.55. The Bertz CT molecular complexity index is 801. The second kappa shape index (κ2) is 8.06. The molecule has 2 amide bonds. The number of furan rings is 1. The highest BCUT2D eigenvalue weighted by Gasteiger charge is 2.17. The van der Waals surface area contributed by atoms with Crippen LogP contribution in [0.1, 0.15) is 39.2 Å². The van der Waals surface area contributed by atoms with E-state index in [1.165, 1.54) is 13.2 Å². The molecule has 0 fully saturated rings. The molecule has 0 aliphatic carbocycles. The number of nitrogens with one attached hydrogen (secondary N) is 2. The van der Waals surface area contributed by atoms with Gasteiger partial charge in [-0.3, -0.25) is 20.4 Å². The second-order valence-corrected chi connectivity index (χ2v) is 6.01. The van der Waals surface area contributed by atoms with Gasteiger partial charge in [0.15, 0.2) is 11.5 Å². The molecule has 1 aromatic heterocycles. The Hall–Kier alpha value is -2.48. The molecular weight excluding hydrogens is 392 g/mol. The first-order chi connectivity index (χ1) is 11.9. The van der Waals surface area contributed by atoms with Crippen LogP contribution < -0.4 is 20.3 Å². The number of carbonyl (C=O) groups is 2. The van der Waals surface area contributed by atoms with Crippen LogP contribution in [0.3, 0.4) is 0 Å². The lowest BCUT2D eigenvalue weighted by Gasteiger charge is -2.13. The Kier molecular flexibility index (Phi) is 6.08. The summed E-state index contributed by atoms with van der Waals surface area (Å²) in [5, 5.41) is 0. The van der Waals surface area contributed by atoms with E-state index in [1.807, 2.05) is 6.92 Å². The van der Waals surface area contributed by atoms with Gasteiger partial charge >= 0.3 is 0 Å². The Morgan fingerprint density at radius 3 is 2.40 bits per heavy atom. The third-order valence-corrected chi connectivity index (χ3v) is 3.94. The number of halogens is 1. The van der Waals surface area contributed by atoms with Gasteiger partial charge in [-0.1, -0.05) is 0 Å². The van der Waals surface area contributed by atoms with Gasteiger partial charge in [-0.25, -0.2) is 0 Å². The predicted molar refractivity (Wildman–Crippen MR) is 95.0 cm³/mol. The summed E-state index contributed by atoms with van der Waals surface area (Å²) >= 11 is 3.35. The number of benzene rings is 1. The van der Waals surface area contributed by atoms with Gasteiger partial charge in [-0.15, -0.1) is 0 Å². The van der Waals surface area contributed by atoms with E-state index >= 15 is 0 Å². The third kappa shape index (κ3) is 4.33. The van der Waals surface area contributed by atoms with E-state index in [9.17, 15) is 9.59 Å². The fourth-order valence-electron chi connectivity index (χ4n) is 2.24. The molecule has 0 bridgehead atoms. The molecule has 0 saturated carbocycles. The molecule has 25 heavy (non-hydrogen) atoms. The molecule has 2 N–H and O–H groups in total. The fraction of sp³-hybridized carbons (Fsp3) is 0.294. The number of hydrazine groups is 1. The molecule has 0 aliphatic heterocycles. The molecule has 134 valence electrons. The number of ether oxygens (including phenoxy) is 2. The van der Waals surface area contributed by atoms with Crippen LogP contribution in [0.4, 0.5) is 0 Å². The van der Waals surface area contributed by atoms with Crippen LogP contribution in [0, 0.1) is 13.8 Å². The first kappa shape index (κ1) is 18.9. The quantitative estimate of drug-likeness (QED) is 0.738. The van der Waals surface area contributed by atoms with Crippen LogP contribution in [-0.2, 0) is 0 Å². The highest BCUT2D eigenvalue weighted by Crippen LogP contribution is 2.36. The Morgan fingerprint density at radius 1 is 1.16 bits per heavy atom. The molecule has 0 aliphatic rings. The number of hydrogen-bond acceptors (Lipinski definition) is 5. The van der Waals surface area contributed by atoms with E-state index in [1.54, 1.807) is 26.0 Å². The van der Waals surface area contributed by atoms with E-state index in [-0.39, 0.29) is 0 Å². The van der Waals surface area contributed by atoms with Crippen molar-refractivity contribution in [3.63, 3.8) is 0 Å². The summed E-state index contributed by atoms with van der Waals surface area (Å²) in [5.74, 6) is 1.07. The summed E-state index contributed by atoms with van der Waals surface area (Å²) in [6.07, 6.45) is 0. The summed E-state index contributed by atoms with van der Waals surface area (Å²) in [5.41, 5.74) is 5.39. The van der Waals surface area contributed by atoms with Crippen LogP contribution in [0.5, 0.6) is 11.5 Å². The molecule has 7 nitrogen and oxygen atoms in total. The highest BCUT2D eigenvalue weighted by atomic mass is 79.9. The molecule has 0 unspecified atom stereocenters. The van der Waals surface area contributed by atoms with E-state index in [0.29, 0.717) is 45.2 Å². The molecule has 2 aromatic rings. The van der Waals surface area contributed by atoms with Crippen molar-refractivity contribution in [2.24, 2.45) is 0 Å². The molecule has 1 aromatic carbocycles. The molecule has 0 radical (unpaired) electrons. The lowest BCUT2D eigenvalue weighted by Crippen LogP contribution is -2.41. The largest absolute Gasteiger partial charge is 0.493 e. The molecular formula is C17H19BrN2O5. The van der Waals surface area contributed by atoms with Gasteiger partial charge in [0.1, 0.15) is 11.5 Å². The van der Waals surface area contributed by atoms with Crippen molar-refractivity contribution in [1.29, 1.82) is 0 Å². The molecule has 0 spiro atoms. The standard InChI is InChI=1S/C17H19BrN2O5/c1-5-24-15-13(18)7-11(8-14(15)23-4)16(21)19-20-17(22)12-6-9(2)25-10(12)3/h6-8H,5H2,1-4H3,(H,19,21)(H,20,22). The smallest absolute Gasteiger partial charge is 0.273 e. The third-order valence-electron chi connectivity index (χ3n) is 3.36. The fourth-order valence-corrected chi connectivity index (χ4v) is 2.80. The normalized spacial score (nSPS) is 10.3. The highest BCUT2D eigenvalue weighted by molar-refractivity contribution is 9.10. The summed E-state index contributed by atoms with van der Waals surface area (Å²) < 4.78 is 16.6. The number of rotatable bonds is 5. The lowest BCUT2D eigenvalue weighted by atomic mass is 10.2. The summed E-state index contributed by atoms with van der Waals surface area (Å²) in [6, 6.07) is 4.72. The van der Waals surface area contributed by atoms with Crippen molar-refractivity contribution in [2.45, 2.75) is 20.8 Å². The van der Waals surface area contributed by atoms with Crippen LogP contribution in [0.2, 0.25) is 0 Å². The minimum atomic E-state index is -0.492. The Morgan fingerprint density at radius 2 is 1.84 bits per heavy atom. The predicted octanol–water partition coefficient (Wildman–Crippen LogP) is 3.14. The van der Waals surface area contributed by atoms with Gasteiger partial charge in [0.2, 0.25) is 0 Å². The second-order valence-electron chi connectivity index (χ2n) is 5.16. The number of aryl methyl sites for hydroxylation is 2. The van der Waals surface area contributed by atoms with Crippen LogP contribution in [-0.4, -0.2) is 25.5 Å². The summed E-state index contributed by atoms with van der Waals surface area (Å²) in [7, 11) is 1.48. The summed E-state index contributed by atoms with van der Waals surface area (Å²) in [4.78, 5) is 24.4. The van der Waals surface area contributed by atoms with Gasteiger partial charge in [-0.05, 0) is 54.9 Å². The number of methoxy groups -OCH3 is 1. The number of carbonyl (C=O) groups excluding carboxylic acids is 2. The average Bonchev–Trinajstić information content (AvgIpc) is 2.92. The Balaban J connectivity index is 2.12. The van der Waals surface area contributed by atoms with Crippen LogP contribution in [0.15, 0.2) is 27.1 Å². The zero-order valence-corrected chi connectivity index (χ0v) is 15.9. The van der Waals surface area contributed by atoms with E-state index in [0.717, 1.165) is 0 Å². The van der Waals surface area contributed by atoms with Crippen molar-refractivity contribution < 1.29 is 23.5 Å². The lowest BCUT2D eigenvalue weighted by molar-refractivity contribution is 0.0845. The molecule has 0 atom stereocenters. The zero-order valence-electron chi connectivity index (χ0n) is 14.4. The van der Waals surface area contributed by atoms with Crippen molar-refractivity contribution in [1.82, 2.24) is 10.9 Å². The average molecular weight is 411 g/mol. The van der Waals surface area contributed by atoms with Crippen molar-refractivity contribution in [3.8, 4) is 11.5 Å². The monoisotopic (exact) mass is 410 g/mol. The van der Waals surface area contributed by atoms with Gasteiger partial charge in [0, 0.05) is 5.56 Å². The van der Waals surface area contributed by atoms with Gasteiger partial charge < -0.3 is 13.9 Å². The van der Waals surface area contributed by atoms with Crippen molar-refractivity contribution in [2.75, 3.05) is 13.7 Å². The van der Waals surface area contributed by atoms with E-state index < -0.39 is 11.8 Å². The molecule has 2 rings (SSSR count). The Labute approximate surface area is 153 Å². The van der Waals surface area contributed by atoms with Gasteiger partial charge in [0.05, 0.1) is 23.8 Å². The number of amides is 2. The maximum Gasteiger partial charge on any atom is 0.273 e. The van der Waals surface area contributed by atoms with Crippen molar-refractivity contribution >= 4 is 27.7 Å². The SMILES string of the molecule is CCOc1c(Br)cc(C(=O)NNC(=O)c2cc(C)oc2C)cc1OC. The van der Waals surface area contributed by atoms with Crippen LogP contribution in [0.25, 0.3) is 0 Å². The minimum absolute atomic E-state index is 0.299. The molecule has 0 saturated heterocycles. The zero-order chi connectivity index (χ0) is 18.6. The maximum atomic E-state index is 12.3. The van der Waals surface area contributed by atoms with E-state index in [2.05, 4.69) is 26.8 Å². The first-order valence-corrected chi connectivity index (χ1v) is 8.34. The van der Waals surface area contributed by atoms with E-state index in [4.69, 9.17) is 13.9 Å². The van der Waals surface area contributed by atoms with Crippen molar-refractivity contribution in [3.05, 3.63) is 45.3 Å². The van der Waals surface area contributed by atoms with Gasteiger partial charge in [-0.2, -0.15) is 0 Å². The minimum Gasteiger partial charge on any atom is -0.493 e. The molecule has 1 heterocycles. The van der Waals surface area contributed by atoms with Crippen LogP contribution >= 0.6 is 15.9 Å². The molecule has 8 heteroatoms. The topological polar surface area (TPSA) is 89.8 Å².